The van der Waals surface area contributed by atoms with E-state index in [0.717, 1.165) is 18.4 Å². The molecule has 27 heavy (non-hydrogen) atoms. The molecule has 142 valence electrons. The highest BCUT2D eigenvalue weighted by Crippen LogP contribution is 2.34. The molecule has 3 aromatic rings. The molecular formula is C21H21Cl2NO3. The van der Waals surface area contributed by atoms with Gasteiger partial charge in [-0.15, -0.1) is 0 Å². The smallest absolute Gasteiger partial charge is 0.259 e. The maximum absolute atomic E-state index is 13.2. The molecule has 4 nitrogen and oxygen atoms in total. The van der Waals surface area contributed by atoms with Crippen LogP contribution in [-0.2, 0) is 13.2 Å². The molecule has 1 heterocycles. The van der Waals surface area contributed by atoms with E-state index in [0.29, 0.717) is 45.4 Å². The number of aromatic nitrogens is 1. The Labute approximate surface area is 167 Å². The fourth-order valence-corrected chi connectivity index (χ4v) is 3.35. The molecule has 0 unspecified atom stereocenters. The molecule has 0 atom stereocenters. The Hall–Kier alpha value is -2.01. The predicted octanol–water partition coefficient (Wildman–Crippen LogP) is 5.03. The molecule has 0 aliphatic carbocycles. The van der Waals surface area contributed by atoms with E-state index in [1.165, 1.54) is 0 Å². The zero-order valence-corrected chi connectivity index (χ0v) is 16.6. The maximum Gasteiger partial charge on any atom is 0.259 e. The molecule has 1 N–H and O–H groups in total. The minimum absolute atomic E-state index is 0.237. The number of pyridine rings is 1. The lowest BCUT2D eigenvalue weighted by Gasteiger charge is -2.19. The third-order valence-electron chi connectivity index (χ3n) is 4.45. The number of rotatable bonds is 7. The van der Waals surface area contributed by atoms with Crippen LogP contribution in [0.2, 0.25) is 10.0 Å². The first kappa shape index (κ1) is 19.7. The molecule has 0 amide bonds. The van der Waals surface area contributed by atoms with Gasteiger partial charge in [0.2, 0.25) is 0 Å². The normalized spacial score (nSPS) is 11.1. The predicted molar refractivity (Wildman–Crippen MR) is 110 cm³/mol. The van der Waals surface area contributed by atoms with E-state index in [1.807, 2.05) is 30.3 Å². The fraction of sp³-hybridized carbons (Fsp3) is 0.286. The number of ether oxygens (including phenoxy) is 1. The Bertz CT molecular complexity index is 1000. The summed E-state index contributed by atoms with van der Waals surface area (Å²) in [6.07, 6.45) is 1.84. The van der Waals surface area contributed by atoms with Gasteiger partial charge in [0, 0.05) is 5.39 Å². The zero-order valence-electron chi connectivity index (χ0n) is 15.0. The van der Waals surface area contributed by atoms with Crippen molar-refractivity contribution >= 4 is 34.0 Å². The van der Waals surface area contributed by atoms with Crippen LogP contribution in [0, 0.1) is 0 Å². The summed E-state index contributed by atoms with van der Waals surface area (Å²) in [5.41, 5.74) is 1.15. The van der Waals surface area contributed by atoms with Crippen LogP contribution in [0.5, 0.6) is 5.75 Å². The van der Waals surface area contributed by atoms with Crippen molar-refractivity contribution in [1.82, 2.24) is 4.57 Å². The number of hydrogen-bond acceptors (Lipinski definition) is 3. The van der Waals surface area contributed by atoms with Crippen molar-refractivity contribution in [3.63, 3.8) is 0 Å². The number of hydrogen-bond donors (Lipinski definition) is 1. The second-order valence-electron chi connectivity index (χ2n) is 6.32. The Morgan fingerprint density at radius 3 is 2.37 bits per heavy atom. The highest BCUT2D eigenvalue weighted by atomic mass is 35.5. The van der Waals surface area contributed by atoms with Crippen molar-refractivity contribution in [1.29, 1.82) is 0 Å². The first-order valence-electron chi connectivity index (χ1n) is 8.88. The second-order valence-corrected chi connectivity index (χ2v) is 7.14. The lowest BCUT2D eigenvalue weighted by molar-refractivity contribution is 0.249. The van der Waals surface area contributed by atoms with Gasteiger partial charge in [0.1, 0.15) is 5.75 Å². The van der Waals surface area contributed by atoms with Gasteiger partial charge in [0.15, 0.2) is 0 Å². The average molecular weight is 406 g/mol. The Morgan fingerprint density at radius 2 is 1.74 bits per heavy atom. The SMILES string of the molecule is CCCCOc1c(CO)n(Cc2ccccc2)c(=O)c2cc(Cl)c(Cl)cc12. The van der Waals surface area contributed by atoms with Gasteiger partial charge in [0.05, 0.1) is 40.9 Å². The molecule has 0 aliphatic heterocycles. The highest BCUT2D eigenvalue weighted by molar-refractivity contribution is 6.42. The largest absolute Gasteiger partial charge is 0.491 e. The van der Waals surface area contributed by atoms with Crippen molar-refractivity contribution in [2.45, 2.75) is 32.9 Å². The molecule has 3 rings (SSSR count). The summed E-state index contributed by atoms with van der Waals surface area (Å²) in [5.74, 6) is 0.482. The highest BCUT2D eigenvalue weighted by Gasteiger charge is 2.19. The molecule has 6 heteroatoms. The zero-order chi connectivity index (χ0) is 19.4. The molecule has 0 fully saturated rings. The van der Waals surface area contributed by atoms with E-state index in [9.17, 15) is 9.90 Å². The van der Waals surface area contributed by atoms with Gasteiger partial charge in [0.25, 0.3) is 5.56 Å². The third-order valence-corrected chi connectivity index (χ3v) is 5.17. The van der Waals surface area contributed by atoms with Crippen LogP contribution in [0.1, 0.15) is 31.0 Å². The van der Waals surface area contributed by atoms with Gasteiger partial charge in [-0.3, -0.25) is 4.79 Å². The molecule has 1 aromatic heterocycles. The number of aliphatic hydroxyl groups is 1. The molecule has 0 saturated carbocycles. The van der Waals surface area contributed by atoms with Crippen LogP contribution < -0.4 is 10.3 Å². The molecule has 0 bridgehead atoms. The van der Waals surface area contributed by atoms with E-state index < -0.39 is 0 Å². The lowest BCUT2D eigenvalue weighted by atomic mass is 10.1. The number of unbranched alkanes of at least 4 members (excludes halogenated alkanes) is 1. The summed E-state index contributed by atoms with van der Waals surface area (Å²) >= 11 is 12.3. The first-order chi connectivity index (χ1) is 13.1. The molecule has 0 radical (unpaired) electrons. The van der Waals surface area contributed by atoms with Crippen molar-refractivity contribution < 1.29 is 9.84 Å². The summed E-state index contributed by atoms with van der Waals surface area (Å²) in [6, 6.07) is 12.8. The van der Waals surface area contributed by atoms with E-state index in [4.69, 9.17) is 27.9 Å². The Balaban J connectivity index is 2.25. The van der Waals surface area contributed by atoms with Crippen molar-refractivity contribution in [2.24, 2.45) is 0 Å². The number of fused-ring (bicyclic) bond motifs is 1. The van der Waals surface area contributed by atoms with E-state index in [1.54, 1.807) is 16.7 Å². The number of benzene rings is 2. The van der Waals surface area contributed by atoms with Crippen LogP contribution in [-0.4, -0.2) is 16.3 Å². The number of nitrogens with zero attached hydrogens (tertiary/aromatic N) is 1. The molecule has 0 aliphatic rings. The standard InChI is InChI=1S/C21H21Cl2NO3/c1-2-3-9-27-20-15-10-17(22)18(23)11-16(15)21(26)24(19(20)13-25)12-14-7-5-4-6-8-14/h4-8,10-11,25H,2-3,9,12-13H2,1H3. The summed E-state index contributed by atoms with van der Waals surface area (Å²) in [6.45, 7) is 2.57. The van der Waals surface area contributed by atoms with Crippen LogP contribution in [0.15, 0.2) is 47.3 Å². The van der Waals surface area contributed by atoms with Crippen molar-refractivity contribution in [3.8, 4) is 5.75 Å². The molecular weight excluding hydrogens is 385 g/mol. The van der Waals surface area contributed by atoms with Gasteiger partial charge >= 0.3 is 0 Å². The van der Waals surface area contributed by atoms with Crippen LogP contribution >= 0.6 is 23.2 Å². The maximum atomic E-state index is 13.2. The van der Waals surface area contributed by atoms with E-state index in [-0.39, 0.29) is 12.2 Å². The second kappa shape index (κ2) is 8.79. The van der Waals surface area contributed by atoms with Gasteiger partial charge in [-0.25, -0.2) is 0 Å². The topological polar surface area (TPSA) is 51.5 Å². The van der Waals surface area contributed by atoms with Crippen LogP contribution in [0.4, 0.5) is 0 Å². The van der Waals surface area contributed by atoms with Crippen LogP contribution in [0.25, 0.3) is 10.8 Å². The summed E-state index contributed by atoms with van der Waals surface area (Å²) in [5, 5.41) is 11.7. The third kappa shape index (κ3) is 4.13. The quantitative estimate of drug-likeness (QED) is 0.560. The summed E-state index contributed by atoms with van der Waals surface area (Å²) in [7, 11) is 0. The minimum Gasteiger partial charge on any atom is -0.491 e. The number of halogens is 2. The van der Waals surface area contributed by atoms with Gasteiger partial charge in [-0.2, -0.15) is 0 Å². The minimum atomic E-state index is -0.320. The monoisotopic (exact) mass is 405 g/mol. The van der Waals surface area contributed by atoms with E-state index >= 15 is 0 Å². The fourth-order valence-electron chi connectivity index (χ4n) is 3.03. The molecule has 2 aromatic carbocycles. The first-order valence-corrected chi connectivity index (χ1v) is 9.64. The van der Waals surface area contributed by atoms with Crippen molar-refractivity contribution in [2.75, 3.05) is 6.61 Å². The average Bonchev–Trinajstić information content (AvgIpc) is 2.68. The van der Waals surface area contributed by atoms with E-state index in [2.05, 4.69) is 6.92 Å². The summed E-state index contributed by atoms with van der Waals surface area (Å²) < 4.78 is 7.53. The van der Waals surface area contributed by atoms with Gasteiger partial charge in [-0.05, 0) is 24.1 Å². The van der Waals surface area contributed by atoms with Gasteiger partial charge < -0.3 is 14.4 Å². The van der Waals surface area contributed by atoms with Gasteiger partial charge in [-0.1, -0.05) is 66.9 Å². The Morgan fingerprint density at radius 1 is 1.07 bits per heavy atom. The summed E-state index contributed by atoms with van der Waals surface area (Å²) in [4.78, 5) is 13.2. The van der Waals surface area contributed by atoms with Crippen LogP contribution in [0.3, 0.4) is 0 Å². The van der Waals surface area contributed by atoms with Crippen molar-refractivity contribution in [3.05, 3.63) is 74.1 Å². The Kier molecular flexibility index (Phi) is 6.42. The molecule has 0 saturated heterocycles. The number of aliphatic hydroxyl groups excluding tert-OH is 1. The molecule has 0 spiro atoms. The lowest BCUT2D eigenvalue weighted by Crippen LogP contribution is -2.26.